The van der Waals surface area contributed by atoms with Crippen LogP contribution in [0.1, 0.15) is 52.8 Å². The van der Waals surface area contributed by atoms with Crippen molar-refractivity contribution in [3.05, 3.63) is 161 Å². The van der Waals surface area contributed by atoms with Crippen molar-refractivity contribution in [3.8, 4) is 12.1 Å². The Bertz CT molecular complexity index is 2480. The van der Waals surface area contributed by atoms with Crippen LogP contribution in [0.15, 0.2) is 127 Å². The number of aryl methyl sites for hydroxylation is 1. The molecule has 3 fully saturated rings. The molecule has 0 bridgehead atoms. The molecule has 0 radical (unpaired) electrons. The van der Waals surface area contributed by atoms with E-state index in [9.17, 15) is 5.26 Å². The van der Waals surface area contributed by atoms with Gasteiger partial charge in [0.05, 0.1) is 43.0 Å². The molecule has 6 aromatic rings. The quantitative estimate of drug-likeness (QED) is 0.0974. The lowest BCUT2D eigenvalue weighted by atomic mass is 9.76. The van der Waals surface area contributed by atoms with Gasteiger partial charge in [0.2, 0.25) is 5.91 Å². The largest absolute Gasteiger partial charge is 0.462 e. The Morgan fingerprint density at radius 3 is 2.11 bits per heavy atom. The number of aromatic nitrogens is 2. The lowest BCUT2D eigenvalue weighted by Gasteiger charge is -2.38. The third-order valence-electron chi connectivity index (χ3n) is 13.5. The molecule has 1 amide bonds. The number of hydrogen-bond acceptors (Lipinski definition) is 9. The van der Waals surface area contributed by atoms with Crippen LogP contribution >= 0.6 is 0 Å². The van der Waals surface area contributed by atoms with Crippen LogP contribution in [0.2, 0.25) is 0 Å². The molecule has 0 aliphatic carbocycles. The topological polar surface area (TPSA) is 91.8 Å². The molecule has 10 rings (SSSR count). The third kappa shape index (κ3) is 7.05. The standard InChI is InChI=1S/C51H52N8O2/c1-36-15-12-16-37-17-13-25-45(47(36)37)56-30-27-43-44(32-56)53-50(61-34-42-24-14-29-55(42)2)54-48(43)57-31-41(26-28-52)58(35-57)49(60)46-33-59(46)51(38-18-6-3-7-19-38,39-20-8-4-9-21-39)40-22-10-5-11-23-40/h3-13,15-23,25,41-42,46H,14,24,26-27,29-35H2,1-2H3/t41?,42?,46?,59-/m1/s1. The number of nitrogens with zero attached hydrogens (tertiary/aromatic N) is 8. The normalized spacial score (nSPS) is 21.4. The minimum atomic E-state index is -0.686. The van der Waals surface area contributed by atoms with Crippen molar-refractivity contribution in [2.45, 2.75) is 62.8 Å². The first kappa shape index (κ1) is 38.9. The highest BCUT2D eigenvalue weighted by atomic mass is 16.5. The monoisotopic (exact) mass is 808 g/mol. The van der Waals surface area contributed by atoms with Crippen molar-refractivity contribution in [2.75, 3.05) is 56.3 Å². The van der Waals surface area contributed by atoms with E-state index in [2.05, 4.69) is 149 Å². The molecule has 10 nitrogen and oxygen atoms in total. The van der Waals surface area contributed by atoms with Crippen molar-refractivity contribution in [3.63, 3.8) is 0 Å². The van der Waals surface area contributed by atoms with E-state index in [1.165, 1.54) is 22.0 Å². The minimum Gasteiger partial charge on any atom is -0.462 e. The van der Waals surface area contributed by atoms with Gasteiger partial charge < -0.3 is 24.3 Å². The molecule has 0 spiro atoms. The second-order valence-corrected chi connectivity index (χ2v) is 17.1. The molecule has 0 N–H and O–H groups in total. The average Bonchev–Trinajstić information content (AvgIpc) is 3.81. The maximum absolute atomic E-state index is 15.1. The summed E-state index contributed by atoms with van der Waals surface area (Å²) in [5, 5.41) is 12.6. The molecule has 308 valence electrons. The molecule has 10 heteroatoms. The van der Waals surface area contributed by atoms with Crippen molar-refractivity contribution >= 4 is 28.2 Å². The Balaban J connectivity index is 0.984. The number of likely N-dealkylation sites (tertiary alicyclic amines) is 1. The molecule has 0 saturated carbocycles. The Morgan fingerprint density at radius 1 is 0.803 bits per heavy atom. The van der Waals surface area contributed by atoms with E-state index in [1.807, 2.05) is 23.1 Å². The number of carbonyl (C=O) groups is 1. The zero-order chi connectivity index (χ0) is 41.5. The van der Waals surface area contributed by atoms with E-state index >= 15 is 4.79 Å². The van der Waals surface area contributed by atoms with Gasteiger partial charge in [0.1, 0.15) is 18.5 Å². The third-order valence-corrected chi connectivity index (χ3v) is 13.5. The van der Waals surface area contributed by atoms with E-state index < -0.39 is 5.54 Å². The summed E-state index contributed by atoms with van der Waals surface area (Å²) in [7, 11) is 2.15. The molecule has 3 saturated heterocycles. The number of hydrogen-bond donors (Lipinski definition) is 0. The van der Waals surface area contributed by atoms with E-state index in [0.717, 1.165) is 66.1 Å². The number of fused-ring (bicyclic) bond motifs is 2. The van der Waals surface area contributed by atoms with Crippen LogP contribution in [0.4, 0.5) is 11.5 Å². The predicted octanol–water partition coefficient (Wildman–Crippen LogP) is 7.54. The summed E-state index contributed by atoms with van der Waals surface area (Å²) in [6.07, 6.45) is 3.21. The predicted molar refractivity (Wildman–Crippen MR) is 239 cm³/mol. The van der Waals surface area contributed by atoms with Gasteiger partial charge in [-0.3, -0.25) is 9.69 Å². The van der Waals surface area contributed by atoms with Crippen LogP contribution in [0.25, 0.3) is 10.8 Å². The lowest BCUT2D eigenvalue weighted by molar-refractivity contribution is -0.132. The highest BCUT2D eigenvalue weighted by Crippen LogP contribution is 2.49. The molecule has 4 aliphatic rings. The molecule has 3 unspecified atom stereocenters. The number of carbonyl (C=O) groups excluding carboxylic acids is 1. The zero-order valence-electron chi connectivity index (χ0n) is 35.0. The van der Waals surface area contributed by atoms with Crippen molar-refractivity contribution in [2.24, 2.45) is 0 Å². The molecule has 1 aromatic heterocycles. The molecule has 5 aromatic carbocycles. The van der Waals surface area contributed by atoms with E-state index in [0.29, 0.717) is 45.0 Å². The SMILES string of the molecule is Cc1cccc2cccc(N3CCc4c(nc(OCC5CCCN5C)nc4N4CC(CC#N)N(C(=O)C5C[N@@]5C(c5ccccc5)(c5ccccc5)c5ccccc5)C4)C3)c12. The lowest BCUT2D eigenvalue weighted by Crippen LogP contribution is -2.44. The summed E-state index contributed by atoms with van der Waals surface area (Å²) < 4.78 is 6.48. The first-order valence-corrected chi connectivity index (χ1v) is 21.8. The van der Waals surface area contributed by atoms with Crippen LogP contribution in [0.5, 0.6) is 6.01 Å². The van der Waals surface area contributed by atoms with Crippen LogP contribution in [-0.2, 0) is 23.3 Å². The average molecular weight is 809 g/mol. The molecule has 61 heavy (non-hydrogen) atoms. The maximum atomic E-state index is 15.1. The van der Waals surface area contributed by atoms with E-state index in [-0.39, 0.29) is 24.4 Å². The smallest absolute Gasteiger partial charge is 0.318 e. The highest BCUT2D eigenvalue weighted by molar-refractivity contribution is 5.97. The van der Waals surface area contributed by atoms with Gasteiger partial charge in [-0.15, -0.1) is 0 Å². The summed E-state index contributed by atoms with van der Waals surface area (Å²) in [5.41, 5.74) is 7.13. The van der Waals surface area contributed by atoms with Crippen LogP contribution in [-0.4, -0.2) is 95.2 Å². The highest BCUT2D eigenvalue weighted by Gasteiger charge is 2.58. The maximum Gasteiger partial charge on any atom is 0.318 e. The van der Waals surface area contributed by atoms with Gasteiger partial charge in [-0.25, -0.2) is 0 Å². The van der Waals surface area contributed by atoms with Gasteiger partial charge in [-0.05, 0) is 73.5 Å². The summed E-state index contributed by atoms with van der Waals surface area (Å²) in [6, 6.07) is 47.0. The minimum absolute atomic E-state index is 0.0380. The van der Waals surface area contributed by atoms with Gasteiger partial charge in [0.25, 0.3) is 0 Å². The molecule has 5 heterocycles. The Hall–Kier alpha value is -6.28. The Labute approximate surface area is 358 Å². The van der Waals surface area contributed by atoms with Gasteiger partial charge in [-0.1, -0.05) is 121 Å². The first-order valence-electron chi connectivity index (χ1n) is 21.8. The summed E-state index contributed by atoms with van der Waals surface area (Å²) in [5.74, 6) is 0.850. The summed E-state index contributed by atoms with van der Waals surface area (Å²) >= 11 is 0. The van der Waals surface area contributed by atoms with Crippen molar-refractivity contribution in [1.29, 1.82) is 5.26 Å². The van der Waals surface area contributed by atoms with Gasteiger partial charge in [0.15, 0.2) is 0 Å². The molecule has 4 atom stereocenters. The Kier molecular flexibility index (Phi) is 10.4. The van der Waals surface area contributed by atoms with Gasteiger partial charge >= 0.3 is 6.01 Å². The Morgan fingerprint density at radius 2 is 1.48 bits per heavy atom. The van der Waals surface area contributed by atoms with Crippen LogP contribution in [0, 0.1) is 18.3 Å². The van der Waals surface area contributed by atoms with Crippen LogP contribution in [0.3, 0.4) is 0 Å². The fourth-order valence-electron chi connectivity index (χ4n) is 10.4. The van der Waals surface area contributed by atoms with E-state index in [1.54, 1.807) is 0 Å². The summed E-state index contributed by atoms with van der Waals surface area (Å²) in [4.78, 5) is 36.6. The van der Waals surface area contributed by atoms with Crippen molar-refractivity contribution < 1.29 is 9.53 Å². The molecular weight excluding hydrogens is 757 g/mol. The second kappa shape index (κ2) is 16.3. The first-order chi connectivity index (χ1) is 29.9. The fraction of sp³-hybridized carbons (Fsp3) is 0.333. The number of amides is 1. The number of ether oxygens (including phenoxy) is 1. The molecule has 4 aliphatic heterocycles. The van der Waals surface area contributed by atoms with E-state index in [4.69, 9.17) is 14.7 Å². The number of anilines is 2. The number of likely N-dealkylation sites (N-methyl/N-ethyl adjacent to an activating group) is 1. The number of nitriles is 1. The van der Waals surface area contributed by atoms with Gasteiger partial charge in [0, 0.05) is 42.3 Å². The molecular formula is C51H52N8O2. The van der Waals surface area contributed by atoms with Gasteiger partial charge in [-0.2, -0.15) is 15.2 Å². The summed E-state index contributed by atoms with van der Waals surface area (Å²) in [6.45, 7) is 6.62. The number of benzene rings is 5. The zero-order valence-corrected chi connectivity index (χ0v) is 35.0. The second-order valence-electron chi connectivity index (χ2n) is 17.1. The van der Waals surface area contributed by atoms with Crippen molar-refractivity contribution in [1.82, 2.24) is 24.7 Å². The fourth-order valence-corrected chi connectivity index (χ4v) is 10.4. The number of rotatable bonds is 11. The van der Waals surface area contributed by atoms with Crippen LogP contribution < -0.4 is 14.5 Å².